The molecule has 0 aliphatic carbocycles. The van der Waals surface area contributed by atoms with Gasteiger partial charge in [-0.3, -0.25) is 14.5 Å². The third-order valence-corrected chi connectivity index (χ3v) is 10.1. The van der Waals surface area contributed by atoms with E-state index >= 15 is 0 Å². The molecular formula is C34H27N5O3S2. The molecule has 1 N–H and O–H groups in total. The van der Waals surface area contributed by atoms with Crippen molar-refractivity contribution in [2.75, 3.05) is 4.90 Å². The highest BCUT2D eigenvalue weighted by atomic mass is 32.2. The molecule has 1 aliphatic heterocycles. The molecule has 1 aliphatic rings. The lowest BCUT2D eigenvalue weighted by Gasteiger charge is -2.22. The minimum atomic E-state index is -0.898. The molecule has 4 heterocycles. The number of aliphatic hydroxyl groups excluding tert-OH is 1. The molecule has 218 valence electrons. The number of pyridine rings is 1. The number of imidazole rings is 1. The molecule has 0 saturated carbocycles. The molecule has 6 aromatic rings. The first-order chi connectivity index (χ1) is 21.3. The van der Waals surface area contributed by atoms with E-state index in [-0.39, 0.29) is 17.0 Å². The summed E-state index contributed by atoms with van der Waals surface area (Å²) in [5.74, 6) is -1.20. The molecule has 0 radical (unpaired) electrons. The first-order valence-electron chi connectivity index (χ1n) is 14.1. The Bertz CT molecular complexity index is 2130. The van der Waals surface area contributed by atoms with Crippen LogP contribution in [0.1, 0.15) is 39.7 Å². The first-order valence-corrected chi connectivity index (χ1v) is 15.9. The number of fused-ring (bicyclic) bond motifs is 2. The Morgan fingerprint density at radius 3 is 2.50 bits per heavy atom. The van der Waals surface area contributed by atoms with E-state index in [1.54, 1.807) is 0 Å². The molecule has 1 unspecified atom stereocenters. The predicted molar refractivity (Wildman–Crippen MR) is 174 cm³/mol. The normalized spacial score (nSPS) is 16.4. The van der Waals surface area contributed by atoms with Crippen molar-refractivity contribution < 1.29 is 14.7 Å². The van der Waals surface area contributed by atoms with Crippen LogP contribution in [0, 0.1) is 20.8 Å². The van der Waals surface area contributed by atoms with Gasteiger partial charge in [-0.15, -0.1) is 10.2 Å². The number of hydrogen-bond acceptors (Lipinski definition) is 8. The summed E-state index contributed by atoms with van der Waals surface area (Å²) in [6.07, 6.45) is 1.86. The van der Waals surface area contributed by atoms with Crippen LogP contribution >= 0.6 is 23.1 Å². The van der Waals surface area contributed by atoms with E-state index in [0.29, 0.717) is 32.1 Å². The predicted octanol–water partition coefficient (Wildman–Crippen LogP) is 7.18. The number of aromatic nitrogens is 4. The van der Waals surface area contributed by atoms with E-state index < -0.39 is 17.7 Å². The molecule has 1 fully saturated rings. The smallest absolute Gasteiger partial charge is 0.301 e. The van der Waals surface area contributed by atoms with Crippen LogP contribution in [-0.2, 0) is 15.3 Å². The summed E-state index contributed by atoms with van der Waals surface area (Å²) in [5, 5.41) is 23.1. The van der Waals surface area contributed by atoms with Gasteiger partial charge in [0.15, 0.2) is 10.1 Å². The summed E-state index contributed by atoms with van der Waals surface area (Å²) in [6.45, 7) is 5.73. The molecule has 3 aromatic carbocycles. The monoisotopic (exact) mass is 617 g/mol. The molecule has 10 heteroatoms. The number of ketones is 1. The number of amides is 1. The van der Waals surface area contributed by atoms with E-state index in [9.17, 15) is 14.7 Å². The Kier molecular flexibility index (Phi) is 7.02. The standard InChI is InChI=1S/C34H27N5O3S2/c1-19-13-15-23(16-14-19)28-26(29(40)27-21(3)38-17-7-8-20(2)31(38)35-27)30(41)32(42)39(28)33-36-37-34(44-33)43-18-24-11-6-10-22-9-4-5-12-25(22)24/h4-17,28,40H,18H2,1-3H3. The van der Waals surface area contributed by atoms with Crippen LogP contribution in [0.4, 0.5) is 5.13 Å². The van der Waals surface area contributed by atoms with Crippen molar-refractivity contribution in [1.29, 1.82) is 0 Å². The molecule has 7 rings (SSSR count). The number of carbonyl (C=O) groups is 2. The molecule has 8 nitrogen and oxygen atoms in total. The second-order valence-electron chi connectivity index (χ2n) is 10.8. The highest BCUT2D eigenvalue weighted by Gasteiger charge is 2.48. The zero-order valence-electron chi connectivity index (χ0n) is 24.2. The largest absolute Gasteiger partial charge is 0.505 e. The van der Waals surface area contributed by atoms with Crippen LogP contribution in [0.25, 0.3) is 22.2 Å². The number of aryl methyl sites for hydroxylation is 3. The van der Waals surface area contributed by atoms with Gasteiger partial charge >= 0.3 is 5.91 Å². The molecular weight excluding hydrogens is 591 g/mol. The summed E-state index contributed by atoms with van der Waals surface area (Å²) in [5.41, 5.74) is 5.37. The number of benzene rings is 3. The van der Waals surface area contributed by atoms with Crippen molar-refractivity contribution in [1.82, 2.24) is 19.6 Å². The summed E-state index contributed by atoms with van der Waals surface area (Å²) < 4.78 is 2.54. The number of nitrogens with zero attached hydrogens (tertiary/aromatic N) is 5. The number of carbonyl (C=O) groups excluding carboxylic acids is 2. The third-order valence-electron chi connectivity index (χ3n) is 7.98. The van der Waals surface area contributed by atoms with Gasteiger partial charge in [-0.1, -0.05) is 101 Å². The second-order valence-corrected chi connectivity index (χ2v) is 13.0. The molecule has 44 heavy (non-hydrogen) atoms. The van der Waals surface area contributed by atoms with Crippen molar-refractivity contribution in [3.05, 3.63) is 124 Å². The lowest BCUT2D eigenvalue weighted by Crippen LogP contribution is -2.29. The van der Waals surface area contributed by atoms with Gasteiger partial charge in [0.05, 0.1) is 17.3 Å². The second kappa shape index (κ2) is 11.0. The van der Waals surface area contributed by atoms with Crippen molar-refractivity contribution in [3.63, 3.8) is 0 Å². The van der Waals surface area contributed by atoms with Crippen LogP contribution in [0.2, 0.25) is 0 Å². The quantitative estimate of drug-likeness (QED) is 0.0695. The first kappa shape index (κ1) is 28.0. The third kappa shape index (κ3) is 4.67. The van der Waals surface area contributed by atoms with Crippen LogP contribution in [-0.4, -0.2) is 36.4 Å². The van der Waals surface area contributed by atoms with Crippen molar-refractivity contribution >= 4 is 62.1 Å². The Labute approximate surface area is 261 Å². The van der Waals surface area contributed by atoms with Crippen LogP contribution in [0.5, 0.6) is 0 Å². The Morgan fingerprint density at radius 2 is 1.70 bits per heavy atom. The van der Waals surface area contributed by atoms with Gasteiger partial charge in [-0.2, -0.15) is 0 Å². The van der Waals surface area contributed by atoms with Gasteiger partial charge in [0, 0.05) is 11.9 Å². The van der Waals surface area contributed by atoms with Gasteiger partial charge in [-0.05, 0) is 54.3 Å². The average Bonchev–Trinajstić information content (AvgIpc) is 3.71. The zero-order chi connectivity index (χ0) is 30.5. The van der Waals surface area contributed by atoms with Crippen molar-refractivity contribution in [3.8, 4) is 0 Å². The number of rotatable bonds is 6. The fourth-order valence-corrected chi connectivity index (χ4v) is 7.56. The van der Waals surface area contributed by atoms with Crippen molar-refractivity contribution in [2.24, 2.45) is 0 Å². The molecule has 1 atom stereocenters. The molecule has 1 amide bonds. The number of thioether (sulfide) groups is 1. The highest BCUT2D eigenvalue weighted by Crippen LogP contribution is 2.44. The summed E-state index contributed by atoms with van der Waals surface area (Å²) in [6, 6.07) is 25.0. The van der Waals surface area contributed by atoms with Crippen LogP contribution in [0.15, 0.2) is 95.0 Å². The number of Topliss-reactive ketones (excluding diaryl/α,β-unsaturated/α-hetero) is 1. The lowest BCUT2D eigenvalue weighted by atomic mass is 9.96. The Morgan fingerprint density at radius 1 is 0.932 bits per heavy atom. The summed E-state index contributed by atoms with van der Waals surface area (Å²) >= 11 is 2.78. The van der Waals surface area contributed by atoms with Gasteiger partial charge in [0.25, 0.3) is 5.78 Å². The van der Waals surface area contributed by atoms with Gasteiger partial charge < -0.3 is 9.51 Å². The molecule has 1 saturated heterocycles. The molecule has 0 bridgehead atoms. The molecule has 3 aromatic heterocycles. The fraction of sp³-hybridized carbons (Fsp3) is 0.147. The van der Waals surface area contributed by atoms with Crippen LogP contribution < -0.4 is 4.90 Å². The number of hydrogen-bond donors (Lipinski definition) is 1. The maximum atomic E-state index is 13.7. The van der Waals surface area contributed by atoms with E-state index in [4.69, 9.17) is 0 Å². The van der Waals surface area contributed by atoms with E-state index in [1.165, 1.54) is 44.3 Å². The van der Waals surface area contributed by atoms with Crippen LogP contribution in [0.3, 0.4) is 0 Å². The van der Waals surface area contributed by atoms with E-state index in [2.05, 4.69) is 39.4 Å². The molecule has 0 spiro atoms. The maximum absolute atomic E-state index is 13.7. The van der Waals surface area contributed by atoms with Crippen molar-refractivity contribution in [2.45, 2.75) is 36.9 Å². The Balaban J connectivity index is 1.29. The Hall–Kier alpha value is -4.80. The fourth-order valence-electron chi connectivity index (χ4n) is 5.68. The topological polar surface area (TPSA) is 101 Å². The van der Waals surface area contributed by atoms with Gasteiger partial charge in [-0.25, -0.2) is 4.98 Å². The maximum Gasteiger partial charge on any atom is 0.301 e. The van der Waals surface area contributed by atoms with Gasteiger partial charge in [0.1, 0.15) is 11.3 Å². The lowest BCUT2D eigenvalue weighted by molar-refractivity contribution is -0.132. The SMILES string of the molecule is Cc1ccc(C2C(=C(O)c3nc4c(C)cccn4c3C)C(=O)C(=O)N2c2nnc(SCc3cccc4ccccc34)s2)cc1. The van der Waals surface area contributed by atoms with E-state index in [1.807, 2.05) is 86.0 Å². The zero-order valence-corrected chi connectivity index (χ0v) is 25.8. The van der Waals surface area contributed by atoms with E-state index in [0.717, 1.165) is 11.1 Å². The summed E-state index contributed by atoms with van der Waals surface area (Å²) in [7, 11) is 0. The average molecular weight is 618 g/mol. The van der Waals surface area contributed by atoms with Gasteiger partial charge in [0.2, 0.25) is 5.13 Å². The number of anilines is 1. The number of aliphatic hydroxyl groups is 1. The highest BCUT2D eigenvalue weighted by molar-refractivity contribution is 8.00. The summed E-state index contributed by atoms with van der Waals surface area (Å²) in [4.78, 5) is 33.4. The minimum absolute atomic E-state index is 0.0248. The minimum Gasteiger partial charge on any atom is -0.505 e.